The molecule has 1 aromatic carbocycles. The van der Waals surface area contributed by atoms with E-state index in [4.69, 9.17) is 10.00 Å². The maximum Gasteiger partial charge on any atom is 0.128 e. The van der Waals surface area contributed by atoms with E-state index in [-0.39, 0.29) is 0 Å². The van der Waals surface area contributed by atoms with Crippen LogP contribution in [-0.4, -0.2) is 12.1 Å². The highest BCUT2D eigenvalue weighted by Gasteiger charge is 2.09. The molecule has 0 aliphatic heterocycles. The Hall–Kier alpha value is -2.34. The lowest BCUT2D eigenvalue weighted by molar-refractivity contribution is 0.416. The van der Waals surface area contributed by atoms with Gasteiger partial charge in [0.1, 0.15) is 5.75 Å². The van der Waals surface area contributed by atoms with Crippen molar-refractivity contribution in [3.05, 3.63) is 47.8 Å². The van der Waals surface area contributed by atoms with Gasteiger partial charge in [0.25, 0.3) is 0 Å². The largest absolute Gasteiger partial charge is 0.496 e. The van der Waals surface area contributed by atoms with Crippen molar-refractivity contribution < 1.29 is 4.74 Å². The molecule has 0 saturated heterocycles. The number of benzene rings is 1. The first-order valence-corrected chi connectivity index (χ1v) is 5.26. The van der Waals surface area contributed by atoms with Gasteiger partial charge < -0.3 is 4.74 Å². The predicted octanol–water partition coefficient (Wildman–Crippen LogP) is 2.94. The molecule has 0 atom stereocenters. The molecular weight excluding hydrogens is 212 g/mol. The van der Waals surface area contributed by atoms with Crippen LogP contribution in [0.15, 0.2) is 36.5 Å². The summed E-state index contributed by atoms with van der Waals surface area (Å²) in [5, 5.41) is 8.86. The van der Waals surface area contributed by atoms with E-state index in [1.165, 1.54) is 0 Å². The summed E-state index contributed by atoms with van der Waals surface area (Å²) in [7, 11) is 1.60. The van der Waals surface area contributed by atoms with Crippen LogP contribution >= 0.6 is 0 Å². The van der Waals surface area contributed by atoms with Gasteiger partial charge in [0, 0.05) is 23.0 Å². The molecular formula is C14H12N2O. The Bertz CT molecular complexity index is 585. The Balaban J connectivity index is 2.61. The molecule has 0 amide bonds. The van der Waals surface area contributed by atoms with Gasteiger partial charge in [0.2, 0.25) is 0 Å². The van der Waals surface area contributed by atoms with Crippen LogP contribution < -0.4 is 4.74 Å². The third-order valence-corrected chi connectivity index (χ3v) is 2.63. The van der Waals surface area contributed by atoms with Crippen LogP contribution in [0.3, 0.4) is 0 Å². The average molecular weight is 224 g/mol. The number of rotatable bonds is 2. The molecule has 1 heterocycles. The summed E-state index contributed by atoms with van der Waals surface area (Å²) in [5.74, 6) is 0.695. The Morgan fingerprint density at radius 2 is 2.06 bits per heavy atom. The average Bonchev–Trinajstić information content (AvgIpc) is 2.38. The molecule has 2 rings (SSSR count). The fourth-order valence-electron chi connectivity index (χ4n) is 1.75. The monoisotopic (exact) mass is 224 g/mol. The SMILES string of the molecule is COc1cc(C#N)ccc1-c1cccnc1C. The number of methoxy groups -OCH3 is 1. The van der Waals surface area contributed by atoms with Gasteiger partial charge >= 0.3 is 0 Å². The Morgan fingerprint density at radius 1 is 1.24 bits per heavy atom. The van der Waals surface area contributed by atoms with Crippen LogP contribution in [0.2, 0.25) is 0 Å². The van der Waals surface area contributed by atoms with Crippen LogP contribution in [0.4, 0.5) is 0 Å². The van der Waals surface area contributed by atoms with Crippen LogP contribution in [0.5, 0.6) is 5.75 Å². The zero-order chi connectivity index (χ0) is 12.3. The number of aromatic nitrogens is 1. The number of hydrogen-bond donors (Lipinski definition) is 0. The fourth-order valence-corrected chi connectivity index (χ4v) is 1.75. The van der Waals surface area contributed by atoms with Crippen molar-refractivity contribution in [3.63, 3.8) is 0 Å². The number of nitriles is 1. The van der Waals surface area contributed by atoms with Crippen molar-refractivity contribution in [1.82, 2.24) is 4.98 Å². The van der Waals surface area contributed by atoms with Crippen molar-refractivity contribution >= 4 is 0 Å². The second-order valence-corrected chi connectivity index (χ2v) is 3.66. The highest BCUT2D eigenvalue weighted by Crippen LogP contribution is 2.31. The van der Waals surface area contributed by atoms with Crippen molar-refractivity contribution in [3.8, 4) is 22.9 Å². The zero-order valence-corrected chi connectivity index (χ0v) is 9.77. The number of aryl methyl sites for hydroxylation is 1. The summed E-state index contributed by atoms with van der Waals surface area (Å²) in [6.07, 6.45) is 1.76. The standard InChI is InChI=1S/C14H12N2O/c1-10-12(4-3-7-16-10)13-6-5-11(9-15)8-14(13)17-2/h3-8H,1-2H3. The van der Waals surface area contributed by atoms with E-state index >= 15 is 0 Å². The van der Waals surface area contributed by atoms with Crippen LogP contribution in [-0.2, 0) is 0 Å². The van der Waals surface area contributed by atoms with Crippen molar-refractivity contribution in [2.45, 2.75) is 6.92 Å². The maximum atomic E-state index is 8.86. The number of nitrogens with zero attached hydrogens (tertiary/aromatic N) is 2. The van der Waals surface area contributed by atoms with E-state index in [0.29, 0.717) is 11.3 Å². The molecule has 0 unspecified atom stereocenters. The lowest BCUT2D eigenvalue weighted by atomic mass is 10.0. The highest BCUT2D eigenvalue weighted by molar-refractivity contribution is 5.73. The van der Waals surface area contributed by atoms with E-state index in [9.17, 15) is 0 Å². The molecule has 0 bridgehead atoms. The van der Waals surface area contributed by atoms with E-state index in [2.05, 4.69) is 11.1 Å². The molecule has 0 fully saturated rings. The minimum atomic E-state index is 0.590. The van der Waals surface area contributed by atoms with Gasteiger partial charge in [-0.3, -0.25) is 4.98 Å². The number of ether oxygens (including phenoxy) is 1. The van der Waals surface area contributed by atoms with E-state index in [0.717, 1.165) is 16.8 Å². The summed E-state index contributed by atoms with van der Waals surface area (Å²) in [6.45, 7) is 1.95. The minimum Gasteiger partial charge on any atom is -0.496 e. The zero-order valence-electron chi connectivity index (χ0n) is 9.77. The summed E-state index contributed by atoms with van der Waals surface area (Å²) < 4.78 is 5.32. The maximum absolute atomic E-state index is 8.86. The van der Waals surface area contributed by atoms with Crippen molar-refractivity contribution in [1.29, 1.82) is 5.26 Å². The van der Waals surface area contributed by atoms with Gasteiger partial charge in [0.05, 0.1) is 18.7 Å². The van der Waals surface area contributed by atoms with Crippen molar-refractivity contribution in [2.75, 3.05) is 7.11 Å². The molecule has 0 radical (unpaired) electrons. The van der Waals surface area contributed by atoms with E-state index in [1.54, 1.807) is 25.4 Å². The van der Waals surface area contributed by atoms with Crippen LogP contribution in [0.1, 0.15) is 11.3 Å². The topological polar surface area (TPSA) is 45.9 Å². The molecule has 17 heavy (non-hydrogen) atoms. The van der Waals surface area contributed by atoms with Gasteiger partial charge in [-0.05, 0) is 31.2 Å². The predicted molar refractivity (Wildman–Crippen MR) is 65.7 cm³/mol. The first kappa shape index (κ1) is 11.2. The third kappa shape index (κ3) is 2.11. The summed E-state index contributed by atoms with van der Waals surface area (Å²) in [6, 6.07) is 11.4. The molecule has 0 N–H and O–H groups in total. The first-order valence-electron chi connectivity index (χ1n) is 5.26. The molecule has 0 spiro atoms. The Labute approximate surface area is 100 Å². The Kier molecular flexibility index (Phi) is 3.06. The second kappa shape index (κ2) is 4.67. The smallest absolute Gasteiger partial charge is 0.128 e. The molecule has 84 valence electrons. The molecule has 0 aliphatic rings. The fraction of sp³-hybridized carbons (Fsp3) is 0.143. The molecule has 0 saturated carbocycles. The Morgan fingerprint density at radius 3 is 2.71 bits per heavy atom. The minimum absolute atomic E-state index is 0.590. The molecule has 3 heteroatoms. The molecule has 1 aromatic heterocycles. The van der Waals surface area contributed by atoms with Crippen LogP contribution in [0.25, 0.3) is 11.1 Å². The van der Waals surface area contributed by atoms with Crippen LogP contribution in [0, 0.1) is 18.3 Å². The summed E-state index contributed by atoms with van der Waals surface area (Å²) >= 11 is 0. The second-order valence-electron chi connectivity index (χ2n) is 3.66. The molecule has 2 aromatic rings. The highest BCUT2D eigenvalue weighted by atomic mass is 16.5. The third-order valence-electron chi connectivity index (χ3n) is 2.63. The summed E-state index contributed by atoms with van der Waals surface area (Å²) in [5.41, 5.74) is 3.51. The normalized spacial score (nSPS) is 9.71. The lowest BCUT2D eigenvalue weighted by Crippen LogP contribution is -1.92. The first-order chi connectivity index (χ1) is 8.26. The molecule has 0 aliphatic carbocycles. The molecule has 3 nitrogen and oxygen atoms in total. The van der Waals surface area contributed by atoms with Gasteiger partial charge in [-0.25, -0.2) is 0 Å². The van der Waals surface area contributed by atoms with E-state index in [1.807, 2.05) is 25.1 Å². The quantitative estimate of drug-likeness (QED) is 0.787. The number of pyridine rings is 1. The van der Waals surface area contributed by atoms with Crippen molar-refractivity contribution in [2.24, 2.45) is 0 Å². The number of hydrogen-bond acceptors (Lipinski definition) is 3. The lowest BCUT2D eigenvalue weighted by Gasteiger charge is -2.10. The van der Waals surface area contributed by atoms with Gasteiger partial charge in [-0.2, -0.15) is 5.26 Å². The summed E-state index contributed by atoms with van der Waals surface area (Å²) in [4.78, 5) is 4.25. The van der Waals surface area contributed by atoms with Gasteiger partial charge in [-0.1, -0.05) is 6.07 Å². The van der Waals surface area contributed by atoms with Gasteiger partial charge in [-0.15, -0.1) is 0 Å². The van der Waals surface area contributed by atoms with Gasteiger partial charge in [0.15, 0.2) is 0 Å². The van der Waals surface area contributed by atoms with E-state index < -0.39 is 0 Å².